The fraction of sp³-hybridized carbons (Fsp3) is 0.450. The summed E-state index contributed by atoms with van der Waals surface area (Å²) in [5, 5.41) is 2.90. The Morgan fingerprint density at radius 1 is 1.17 bits per heavy atom. The maximum Gasteiger partial charge on any atom is 0.287 e. The first kappa shape index (κ1) is 16.8. The molecule has 3 rings (SSSR count). The number of piperidine rings is 1. The number of hydrogen-bond acceptors (Lipinski definition) is 3. The van der Waals surface area contributed by atoms with Crippen molar-refractivity contribution in [1.29, 1.82) is 0 Å². The number of rotatable bonds is 5. The summed E-state index contributed by atoms with van der Waals surface area (Å²) < 4.78 is 5.21. The third kappa shape index (κ3) is 4.26. The van der Waals surface area contributed by atoms with E-state index in [2.05, 4.69) is 41.4 Å². The lowest BCUT2D eigenvalue weighted by molar-refractivity contribution is 0.0922. The van der Waals surface area contributed by atoms with Crippen molar-refractivity contribution in [1.82, 2.24) is 10.2 Å². The van der Waals surface area contributed by atoms with Gasteiger partial charge < -0.3 is 9.73 Å². The summed E-state index contributed by atoms with van der Waals surface area (Å²) in [6, 6.07) is 10.3. The topological polar surface area (TPSA) is 45.5 Å². The molecule has 4 heteroatoms. The standard InChI is InChI=1S/C20H26N2O2/c1-15-7-10-22(11-8-15)14-18-5-3-17(4-6-18)13-21-20(23)19-16(2)9-12-24-19/h3-6,9,12,15H,7-8,10-11,13-14H2,1-2H3,(H,21,23). The monoisotopic (exact) mass is 326 g/mol. The predicted octanol–water partition coefficient (Wildman–Crippen LogP) is 3.75. The molecule has 2 aromatic rings. The van der Waals surface area contributed by atoms with Crippen molar-refractivity contribution in [2.75, 3.05) is 13.1 Å². The molecule has 1 aromatic carbocycles. The Kier molecular flexibility index (Phi) is 5.36. The summed E-state index contributed by atoms with van der Waals surface area (Å²) in [6.07, 6.45) is 4.15. The second-order valence-electron chi connectivity index (χ2n) is 6.89. The lowest BCUT2D eigenvalue weighted by Crippen LogP contribution is -2.32. The number of benzene rings is 1. The maximum atomic E-state index is 12.0. The van der Waals surface area contributed by atoms with Gasteiger partial charge in [0.2, 0.25) is 0 Å². The molecule has 0 spiro atoms. The Hall–Kier alpha value is -2.07. The normalized spacial score (nSPS) is 16.2. The highest BCUT2D eigenvalue weighted by Gasteiger charge is 2.15. The van der Waals surface area contributed by atoms with Crippen molar-refractivity contribution in [3.63, 3.8) is 0 Å². The zero-order chi connectivity index (χ0) is 16.9. The highest BCUT2D eigenvalue weighted by molar-refractivity contribution is 5.92. The van der Waals surface area contributed by atoms with Gasteiger partial charge in [0.25, 0.3) is 5.91 Å². The van der Waals surface area contributed by atoms with Crippen LogP contribution in [0.15, 0.2) is 41.0 Å². The molecule has 0 radical (unpaired) electrons. The zero-order valence-electron chi connectivity index (χ0n) is 14.5. The quantitative estimate of drug-likeness (QED) is 0.910. The van der Waals surface area contributed by atoms with E-state index in [1.54, 1.807) is 12.3 Å². The van der Waals surface area contributed by atoms with Crippen LogP contribution in [0.5, 0.6) is 0 Å². The highest BCUT2D eigenvalue weighted by atomic mass is 16.3. The molecule has 1 aliphatic rings. The number of likely N-dealkylation sites (tertiary alicyclic amines) is 1. The van der Waals surface area contributed by atoms with Gasteiger partial charge in [0.1, 0.15) is 0 Å². The fourth-order valence-electron chi connectivity index (χ4n) is 3.11. The van der Waals surface area contributed by atoms with Gasteiger partial charge >= 0.3 is 0 Å². The number of carbonyl (C=O) groups excluding carboxylic acids is 1. The van der Waals surface area contributed by atoms with E-state index in [4.69, 9.17) is 4.42 Å². The van der Waals surface area contributed by atoms with Gasteiger partial charge in [0.05, 0.1) is 6.26 Å². The average Bonchev–Trinajstić information content (AvgIpc) is 3.02. The molecule has 1 aliphatic heterocycles. The van der Waals surface area contributed by atoms with Crippen LogP contribution in [0.4, 0.5) is 0 Å². The van der Waals surface area contributed by atoms with Crippen LogP contribution in [0.3, 0.4) is 0 Å². The smallest absolute Gasteiger partial charge is 0.287 e. The van der Waals surface area contributed by atoms with Gasteiger partial charge in [-0.3, -0.25) is 9.69 Å². The number of carbonyl (C=O) groups is 1. The molecular weight excluding hydrogens is 300 g/mol. The minimum Gasteiger partial charge on any atom is -0.459 e. The largest absolute Gasteiger partial charge is 0.459 e. The third-order valence-electron chi connectivity index (χ3n) is 4.83. The first-order valence-electron chi connectivity index (χ1n) is 8.74. The Labute approximate surface area is 143 Å². The van der Waals surface area contributed by atoms with Gasteiger partial charge in [-0.25, -0.2) is 0 Å². The van der Waals surface area contributed by atoms with E-state index in [1.807, 2.05) is 6.92 Å². The van der Waals surface area contributed by atoms with Crippen molar-refractivity contribution in [3.8, 4) is 0 Å². The number of furan rings is 1. The summed E-state index contributed by atoms with van der Waals surface area (Å²) in [5.41, 5.74) is 3.30. The fourth-order valence-corrected chi connectivity index (χ4v) is 3.11. The van der Waals surface area contributed by atoms with E-state index in [0.717, 1.165) is 23.6 Å². The Morgan fingerprint density at radius 3 is 2.46 bits per heavy atom. The van der Waals surface area contributed by atoms with Crippen LogP contribution >= 0.6 is 0 Å². The van der Waals surface area contributed by atoms with E-state index >= 15 is 0 Å². The number of amides is 1. The molecule has 128 valence electrons. The number of hydrogen-bond donors (Lipinski definition) is 1. The van der Waals surface area contributed by atoms with Gasteiger partial charge in [-0.05, 0) is 56.0 Å². The molecule has 0 aliphatic carbocycles. The van der Waals surface area contributed by atoms with Crippen LogP contribution in [0.25, 0.3) is 0 Å². The second-order valence-corrected chi connectivity index (χ2v) is 6.89. The molecule has 4 nitrogen and oxygen atoms in total. The second kappa shape index (κ2) is 7.67. The summed E-state index contributed by atoms with van der Waals surface area (Å²) in [4.78, 5) is 14.6. The van der Waals surface area contributed by atoms with Crippen LogP contribution in [-0.2, 0) is 13.1 Å². The molecule has 0 unspecified atom stereocenters. The molecule has 0 atom stereocenters. The van der Waals surface area contributed by atoms with Crippen molar-refractivity contribution < 1.29 is 9.21 Å². The number of aryl methyl sites for hydroxylation is 1. The number of nitrogens with zero attached hydrogens (tertiary/aromatic N) is 1. The minimum absolute atomic E-state index is 0.163. The Bertz CT molecular complexity index is 667. The summed E-state index contributed by atoms with van der Waals surface area (Å²) in [5.74, 6) is 1.10. The summed E-state index contributed by atoms with van der Waals surface area (Å²) in [6.45, 7) is 8.13. The van der Waals surface area contributed by atoms with Gasteiger partial charge in [0.15, 0.2) is 5.76 Å². The lowest BCUT2D eigenvalue weighted by Gasteiger charge is -2.30. The van der Waals surface area contributed by atoms with Crippen LogP contribution in [0, 0.1) is 12.8 Å². The molecule has 1 saturated heterocycles. The van der Waals surface area contributed by atoms with E-state index < -0.39 is 0 Å². The van der Waals surface area contributed by atoms with Crippen molar-refractivity contribution in [2.24, 2.45) is 5.92 Å². The van der Waals surface area contributed by atoms with Crippen molar-refractivity contribution in [2.45, 2.75) is 39.8 Å². The average molecular weight is 326 g/mol. The van der Waals surface area contributed by atoms with Gasteiger partial charge in [-0.15, -0.1) is 0 Å². The van der Waals surface area contributed by atoms with Crippen molar-refractivity contribution in [3.05, 3.63) is 59.0 Å². The molecule has 1 amide bonds. The van der Waals surface area contributed by atoms with Crippen LogP contribution < -0.4 is 5.32 Å². The predicted molar refractivity (Wildman–Crippen MR) is 94.7 cm³/mol. The molecular formula is C20H26N2O2. The molecule has 2 heterocycles. The minimum atomic E-state index is -0.163. The van der Waals surface area contributed by atoms with Crippen LogP contribution in [0.1, 0.15) is 47.0 Å². The molecule has 0 bridgehead atoms. The van der Waals surface area contributed by atoms with E-state index in [0.29, 0.717) is 12.3 Å². The van der Waals surface area contributed by atoms with Crippen LogP contribution in [-0.4, -0.2) is 23.9 Å². The SMILES string of the molecule is Cc1ccoc1C(=O)NCc1ccc(CN2CCC(C)CC2)cc1. The van der Waals surface area contributed by atoms with Crippen LogP contribution in [0.2, 0.25) is 0 Å². The first-order chi connectivity index (χ1) is 11.6. The zero-order valence-corrected chi connectivity index (χ0v) is 14.5. The lowest BCUT2D eigenvalue weighted by atomic mass is 9.99. The third-order valence-corrected chi connectivity index (χ3v) is 4.83. The van der Waals surface area contributed by atoms with Gasteiger partial charge in [-0.1, -0.05) is 31.2 Å². The molecule has 24 heavy (non-hydrogen) atoms. The Morgan fingerprint density at radius 2 is 1.83 bits per heavy atom. The van der Waals surface area contributed by atoms with Gasteiger partial charge in [-0.2, -0.15) is 0 Å². The van der Waals surface area contributed by atoms with Gasteiger partial charge in [0, 0.05) is 18.7 Å². The molecule has 1 N–H and O–H groups in total. The number of nitrogens with one attached hydrogen (secondary N) is 1. The van der Waals surface area contributed by atoms with E-state index in [9.17, 15) is 4.79 Å². The highest BCUT2D eigenvalue weighted by Crippen LogP contribution is 2.18. The summed E-state index contributed by atoms with van der Waals surface area (Å²) in [7, 11) is 0. The molecule has 0 saturated carbocycles. The summed E-state index contributed by atoms with van der Waals surface area (Å²) >= 11 is 0. The van der Waals surface area contributed by atoms with Crippen molar-refractivity contribution >= 4 is 5.91 Å². The van der Waals surface area contributed by atoms with E-state index in [1.165, 1.54) is 31.5 Å². The maximum absolute atomic E-state index is 12.0. The van der Waals surface area contributed by atoms with E-state index in [-0.39, 0.29) is 5.91 Å². The molecule has 1 aromatic heterocycles. The first-order valence-corrected chi connectivity index (χ1v) is 8.74. The molecule has 1 fully saturated rings. The Balaban J connectivity index is 1.49.